The molecule has 220 valence electrons. The highest BCUT2D eigenvalue weighted by Gasteiger charge is 2.34. The van der Waals surface area contributed by atoms with E-state index in [-0.39, 0.29) is 30.4 Å². The maximum absolute atomic E-state index is 14.8. The summed E-state index contributed by atoms with van der Waals surface area (Å²) in [6, 6.07) is 7.84. The maximum Gasteiger partial charge on any atom is 0.318 e. The molecule has 42 heavy (non-hydrogen) atoms. The van der Waals surface area contributed by atoms with Gasteiger partial charge in [-0.05, 0) is 51.1 Å². The average Bonchev–Trinajstić information content (AvgIpc) is 3.55. The molecule has 0 radical (unpaired) electrons. The first kappa shape index (κ1) is 28.3. The average molecular weight is 594 g/mol. The number of nitriles is 1. The number of amides is 1. The summed E-state index contributed by atoms with van der Waals surface area (Å²) in [6.07, 6.45) is 4.24. The lowest BCUT2D eigenvalue weighted by atomic mass is 10.0. The highest BCUT2D eigenvalue weighted by atomic mass is 32.1. The van der Waals surface area contributed by atoms with E-state index < -0.39 is 10.9 Å². The lowest BCUT2D eigenvalue weighted by molar-refractivity contribution is -0.128. The van der Waals surface area contributed by atoms with Crippen LogP contribution >= 0.6 is 11.3 Å². The number of fused-ring (bicyclic) bond motifs is 2. The molecule has 2 fully saturated rings. The van der Waals surface area contributed by atoms with Crippen LogP contribution in [0.3, 0.4) is 0 Å². The molecular formula is C30H33F2N7O2S. The van der Waals surface area contributed by atoms with Crippen LogP contribution in [0.25, 0.3) is 10.1 Å². The molecule has 9 nitrogen and oxygen atoms in total. The van der Waals surface area contributed by atoms with Crippen molar-refractivity contribution in [1.82, 2.24) is 19.8 Å². The molecule has 1 aromatic carbocycles. The van der Waals surface area contributed by atoms with Gasteiger partial charge in [0, 0.05) is 48.2 Å². The molecule has 1 amide bonds. The minimum atomic E-state index is -0.819. The van der Waals surface area contributed by atoms with Crippen molar-refractivity contribution in [1.29, 1.82) is 5.26 Å². The molecule has 5 heterocycles. The van der Waals surface area contributed by atoms with Crippen molar-refractivity contribution in [3.8, 4) is 12.1 Å². The van der Waals surface area contributed by atoms with Gasteiger partial charge in [-0.15, -0.1) is 11.3 Å². The Bertz CT molecular complexity index is 1560. The number of anilines is 2. The van der Waals surface area contributed by atoms with E-state index in [2.05, 4.69) is 29.5 Å². The van der Waals surface area contributed by atoms with Crippen LogP contribution in [-0.2, 0) is 17.8 Å². The van der Waals surface area contributed by atoms with Crippen molar-refractivity contribution in [3.63, 3.8) is 0 Å². The third kappa shape index (κ3) is 5.27. The molecule has 3 aliphatic heterocycles. The van der Waals surface area contributed by atoms with Crippen molar-refractivity contribution in [2.24, 2.45) is 0 Å². The van der Waals surface area contributed by atoms with Gasteiger partial charge in [-0.25, -0.2) is 4.39 Å². The zero-order chi connectivity index (χ0) is 29.4. The van der Waals surface area contributed by atoms with Gasteiger partial charge in [0.05, 0.1) is 36.2 Å². The molecule has 2 atom stereocenters. The fraction of sp³-hybridized carbons (Fsp3) is 0.467. The van der Waals surface area contributed by atoms with Crippen molar-refractivity contribution in [3.05, 3.63) is 53.1 Å². The maximum atomic E-state index is 14.8. The molecule has 0 spiro atoms. The first-order valence-corrected chi connectivity index (χ1v) is 15.1. The highest BCUT2D eigenvalue weighted by molar-refractivity contribution is 7.17. The molecule has 3 aliphatic rings. The number of halogens is 2. The van der Waals surface area contributed by atoms with Crippen LogP contribution in [0.15, 0.2) is 30.9 Å². The summed E-state index contributed by atoms with van der Waals surface area (Å²) in [5.74, 6) is -0.264. The quantitative estimate of drug-likeness (QED) is 0.378. The van der Waals surface area contributed by atoms with E-state index in [4.69, 9.17) is 14.7 Å². The van der Waals surface area contributed by atoms with Gasteiger partial charge in [-0.2, -0.15) is 19.6 Å². The number of thiophene rings is 1. The number of nitrogens with zero attached hydrogens (tertiary/aromatic N) is 7. The van der Waals surface area contributed by atoms with Gasteiger partial charge in [-0.1, -0.05) is 12.6 Å². The fourth-order valence-corrected chi connectivity index (χ4v) is 7.17. The van der Waals surface area contributed by atoms with Crippen molar-refractivity contribution >= 4 is 38.8 Å². The number of rotatable bonds is 7. The molecule has 0 unspecified atom stereocenters. The normalized spacial score (nSPS) is 21.0. The summed E-state index contributed by atoms with van der Waals surface area (Å²) in [7, 11) is 2.09. The van der Waals surface area contributed by atoms with Gasteiger partial charge in [-0.3, -0.25) is 4.79 Å². The minimum Gasteiger partial charge on any atom is -0.462 e. The van der Waals surface area contributed by atoms with Gasteiger partial charge in [0.15, 0.2) is 5.82 Å². The standard InChI is InChI=1S/C30H33F2N7O2S/c1-3-25(40)39-15-14-38(16-19(39)9-11-33)29-21-10-13-37(23-7-4-8-24-26(23)27(31)28(32)42-24)17-22(21)34-30(35-29)41-18-20-6-5-12-36(20)2/h3-4,7-8,19-20H,1,5-6,9-10,12-18H2,2H3/t19-,20-/m0/s1. The third-order valence-corrected chi connectivity index (χ3v) is 9.52. The SMILES string of the molecule is C=CC(=O)N1CCN(c2nc(OC[C@@H]3CCCN3C)nc3c2CCN(c2cccc4sc(F)c(F)c24)C3)C[C@@H]1CC#N. The van der Waals surface area contributed by atoms with Gasteiger partial charge in [0.2, 0.25) is 11.0 Å². The number of benzene rings is 1. The number of likely N-dealkylation sites (N-methyl/N-ethyl adjacent to an activating group) is 1. The highest BCUT2D eigenvalue weighted by Crippen LogP contribution is 2.39. The zero-order valence-corrected chi connectivity index (χ0v) is 24.4. The van der Waals surface area contributed by atoms with Gasteiger partial charge < -0.3 is 24.3 Å². The van der Waals surface area contributed by atoms with E-state index in [0.29, 0.717) is 61.5 Å². The summed E-state index contributed by atoms with van der Waals surface area (Å²) >= 11 is 0.811. The van der Waals surface area contributed by atoms with E-state index in [1.807, 2.05) is 17.0 Å². The van der Waals surface area contributed by atoms with Crippen LogP contribution < -0.4 is 14.5 Å². The summed E-state index contributed by atoms with van der Waals surface area (Å²) in [5, 5.41) is 8.96. The predicted octanol–water partition coefficient (Wildman–Crippen LogP) is 4.12. The molecular weight excluding hydrogens is 560 g/mol. The van der Waals surface area contributed by atoms with Crippen LogP contribution in [0.2, 0.25) is 0 Å². The molecule has 0 aliphatic carbocycles. The Balaban J connectivity index is 1.34. The number of carbonyl (C=O) groups excluding carboxylic acids is 1. The minimum absolute atomic E-state index is 0.189. The number of hydrogen-bond donors (Lipinski definition) is 0. The van der Waals surface area contributed by atoms with Crippen molar-refractivity contribution < 1.29 is 18.3 Å². The zero-order valence-electron chi connectivity index (χ0n) is 23.6. The second kappa shape index (κ2) is 11.8. The van der Waals surface area contributed by atoms with Gasteiger partial charge in [0.1, 0.15) is 12.4 Å². The molecule has 0 saturated carbocycles. The second-order valence-corrected chi connectivity index (χ2v) is 12.1. The lowest BCUT2D eigenvalue weighted by Gasteiger charge is -2.42. The largest absolute Gasteiger partial charge is 0.462 e. The number of ether oxygens (including phenoxy) is 1. The molecule has 12 heteroatoms. The van der Waals surface area contributed by atoms with Crippen LogP contribution in [0.5, 0.6) is 6.01 Å². The molecule has 6 rings (SSSR count). The Hall–Kier alpha value is -3.82. The van der Waals surface area contributed by atoms with Gasteiger partial charge in [0.25, 0.3) is 0 Å². The molecule has 3 aromatic rings. The number of piperazine rings is 1. The lowest BCUT2D eigenvalue weighted by Crippen LogP contribution is -2.55. The Labute approximate surface area is 247 Å². The summed E-state index contributed by atoms with van der Waals surface area (Å²) in [6.45, 7) is 7.50. The Morgan fingerprint density at radius 2 is 2.07 bits per heavy atom. The summed E-state index contributed by atoms with van der Waals surface area (Å²) in [5.41, 5.74) is 2.38. The number of aromatic nitrogens is 2. The van der Waals surface area contributed by atoms with Crippen LogP contribution in [0.1, 0.15) is 30.5 Å². The first-order valence-electron chi connectivity index (χ1n) is 14.3. The second-order valence-electron chi connectivity index (χ2n) is 11.1. The van der Waals surface area contributed by atoms with Crippen LogP contribution in [0, 0.1) is 22.3 Å². The van der Waals surface area contributed by atoms with Crippen molar-refractivity contribution in [2.75, 3.05) is 56.2 Å². The van der Waals surface area contributed by atoms with E-state index in [1.165, 1.54) is 6.08 Å². The third-order valence-electron chi connectivity index (χ3n) is 8.60. The van der Waals surface area contributed by atoms with E-state index in [0.717, 1.165) is 47.8 Å². The van der Waals surface area contributed by atoms with Crippen LogP contribution in [0.4, 0.5) is 20.3 Å². The molecule has 2 saturated heterocycles. The number of hydrogen-bond acceptors (Lipinski definition) is 9. The first-order chi connectivity index (χ1) is 20.4. The Morgan fingerprint density at radius 3 is 2.83 bits per heavy atom. The van der Waals surface area contributed by atoms with Crippen molar-refractivity contribution in [2.45, 2.75) is 44.3 Å². The summed E-state index contributed by atoms with van der Waals surface area (Å²) < 4.78 is 35.8. The smallest absolute Gasteiger partial charge is 0.318 e. The van der Waals surface area contributed by atoms with E-state index in [9.17, 15) is 18.8 Å². The fourth-order valence-electron chi connectivity index (χ4n) is 6.34. The van der Waals surface area contributed by atoms with Gasteiger partial charge >= 0.3 is 6.01 Å². The summed E-state index contributed by atoms with van der Waals surface area (Å²) in [4.78, 5) is 30.3. The van der Waals surface area contributed by atoms with E-state index >= 15 is 0 Å². The topological polar surface area (TPSA) is 88.8 Å². The predicted molar refractivity (Wildman–Crippen MR) is 158 cm³/mol. The molecule has 2 aromatic heterocycles. The molecule has 0 bridgehead atoms. The Morgan fingerprint density at radius 1 is 1.21 bits per heavy atom. The van der Waals surface area contributed by atoms with Crippen LogP contribution in [-0.4, -0.2) is 84.1 Å². The monoisotopic (exact) mass is 593 g/mol. The Kier molecular flexibility index (Phi) is 7.96. The number of carbonyl (C=O) groups is 1. The van der Waals surface area contributed by atoms with E-state index in [1.54, 1.807) is 11.0 Å². The molecule has 0 N–H and O–H groups in total. The number of likely N-dealkylation sites (tertiary alicyclic amines) is 1.